The van der Waals surface area contributed by atoms with E-state index >= 15 is 0 Å². The van der Waals surface area contributed by atoms with Gasteiger partial charge in [0.1, 0.15) is 5.15 Å². The fourth-order valence-corrected chi connectivity index (χ4v) is 0.515. The summed E-state index contributed by atoms with van der Waals surface area (Å²) < 4.78 is 0. The van der Waals surface area contributed by atoms with Crippen molar-refractivity contribution in [3.05, 3.63) is 29.0 Å². The van der Waals surface area contributed by atoms with Gasteiger partial charge >= 0.3 is 0 Å². The minimum atomic E-state index is 0.496. The SMILES string of the molecule is Cc1[c]nc(Cl)cc1. The monoisotopic (exact) mass is 126 g/mol. The molecule has 0 fully saturated rings. The quantitative estimate of drug-likeness (QED) is 0.484. The van der Waals surface area contributed by atoms with Crippen LogP contribution in [0.1, 0.15) is 5.56 Å². The number of halogens is 1. The molecule has 1 heterocycles. The smallest absolute Gasteiger partial charge is 0.129 e. The van der Waals surface area contributed by atoms with Gasteiger partial charge in [0.15, 0.2) is 0 Å². The molecular formula is C6H5ClN. The van der Waals surface area contributed by atoms with Crippen LogP contribution in [-0.4, -0.2) is 4.98 Å². The van der Waals surface area contributed by atoms with Gasteiger partial charge in [0.05, 0.1) is 6.20 Å². The van der Waals surface area contributed by atoms with Gasteiger partial charge < -0.3 is 0 Å². The second-order valence-electron chi connectivity index (χ2n) is 1.56. The third kappa shape index (κ3) is 1.20. The molecule has 0 bridgehead atoms. The van der Waals surface area contributed by atoms with Gasteiger partial charge in [0, 0.05) is 0 Å². The number of hydrogen-bond donors (Lipinski definition) is 0. The summed E-state index contributed by atoms with van der Waals surface area (Å²) in [7, 11) is 0. The van der Waals surface area contributed by atoms with E-state index in [1.807, 2.05) is 13.0 Å². The Morgan fingerprint density at radius 2 is 2.38 bits per heavy atom. The molecule has 0 aromatic carbocycles. The number of hydrogen-bond acceptors (Lipinski definition) is 1. The standard InChI is InChI=1S/C6H5ClN/c1-5-2-3-6(7)8-4-5/h2-3H,1H3. The maximum atomic E-state index is 5.47. The van der Waals surface area contributed by atoms with Crippen molar-refractivity contribution < 1.29 is 0 Å². The fourth-order valence-electron chi connectivity index (χ4n) is 0.410. The van der Waals surface area contributed by atoms with Crippen LogP contribution in [0, 0.1) is 13.1 Å². The van der Waals surface area contributed by atoms with Gasteiger partial charge in [-0.15, -0.1) is 0 Å². The van der Waals surface area contributed by atoms with Crippen LogP contribution in [-0.2, 0) is 0 Å². The Morgan fingerprint density at radius 1 is 1.62 bits per heavy atom. The number of rotatable bonds is 0. The lowest BCUT2D eigenvalue weighted by Crippen LogP contribution is -1.74. The minimum absolute atomic E-state index is 0.496. The summed E-state index contributed by atoms with van der Waals surface area (Å²) in [5.41, 5.74) is 1.01. The third-order valence-corrected chi connectivity index (χ3v) is 1.02. The molecule has 41 valence electrons. The van der Waals surface area contributed by atoms with Gasteiger partial charge in [-0.2, -0.15) is 0 Å². The molecule has 0 aliphatic carbocycles. The van der Waals surface area contributed by atoms with Crippen LogP contribution in [0.25, 0.3) is 0 Å². The lowest BCUT2D eigenvalue weighted by atomic mass is 10.3. The van der Waals surface area contributed by atoms with Gasteiger partial charge in [0.25, 0.3) is 0 Å². The van der Waals surface area contributed by atoms with Gasteiger partial charge in [0.2, 0.25) is 0 Å². The largest absolute Gasteiger partial charge is 0.234 e. The highest BCUT2D eigenvalue weighted by Gasteiger charge is 1.84. The number of aromatic nitrogens is 1. The minimum Gasteiger partial charge on any atom is -0.234 e. The molecule has 0 saturated carbocycles. The third-order valence-electron chi connectivity index (χ3n) is 0.810. The van der Waals surface area contributed by atoms with Crippen molar-refractivity contribution in [3.8, 4) is 0 Å². The molecule has 1 nitrogen and oxygen atoms in total. The average Bonchev–Trinajstić information content (AvgIpc) is 1.77. The van der Waals surface area contributed by atoms with E-state index in [1.54, 1.807) is 6.07 Å². The average molecular weight is 127 g/mol. The molecule has 1 aromatic rings. The predicted molar refractivity (Wildman–Crippen MR) is 32.8 cm³/mol. The summed E-state index contributed by atoms with van der Waals surface area (Å²) in [5.74, 6) is 0. The highest BCUT2D eigenvalue weighted by molar-refractivity contribution is 6.29. The first kappa shape index (κ1) is 5.57. The van der Waals surface area contributed by atoms with Gasteiger partial charge in [-0.05, 0) is 18.6 Å². The molecule has 0 saturated heterocycles. The molecule has 0 aliphatic heterocycles. The normalized spacial score (nSPS) is 9.25. The molecule has 0 aliphatic rings. The van der Waals surface area contributed by atoms with Crippen LogP contribution < -0.4 is 0 Å². The van der Waals surface area contributed by atoms with E-state index in [-0.39, 0.29) is 0 Å². The first-order chi connectivity index (χ1) is 3.79. The maximum absolute atomic E-state index is 5.47. The zero-order valence-corrected chi connectivity index (χ0v) is 5.24. The molecular weight excluding hydrogens is 122 g/mol. The lowest BCUT2D eigenvalue weighted by molar-refractivity contribution is 1.25. The summed E-state index contributed by atoms with van der Waals surface area (Å²) in [6, 6.07) is 3.61. The highest BCUT2D eigenvalue weighted by Crippen LogP contribution is 2.02. The second-order valence-corrected chi connectivity index (χ2v) is 1.95. The topological polar surface area (TPSA) is 12.9 Å². The van der Waals surface area contributed by atoms with E-state index < -0.39 is 0 Å². The number of nitrogens with zero attached hydrogens (tertiary/aromatic N) is 1. The summed E-state index contributed by atoms with van der Waals surface area (Å²) in [4.78, 5) is 3.72. The Balaban J connectivity index is 3.03. The Labute approximate surface area is 53.3 Å². The van der Waals surface area contributed by atoms with Gasteiger partial charge in [-0.1, -0.05) is 17.7 Å². The maximum Gasteiger partial charge on any atom is 0.129 e. The van der Waals surface area contributed by atoms with Crippen LogP contribution in [0.15, 0.2) is 12.1 Å². The van der Waals surface area contributed by atoms with E-state index in [1.165, 1.54) is 0 Å². The number of aryl methyl sites for hydroxylation is 1. The first-order valence-electron chi connectivity index (χ1n) is 2.30. The summed E-state index contributed by atoms with van der Waals surface area (Å²) >= 11 is 5.47. The molecule has 8 heavy (non-hydrogen) atoms. The van der Waals surface area contributed by atoms with E-state index in [0.717, 1.165) is 5.56 Å². The molecule has 0 atom stereocenters. The molecule has 0 amide bonds. The van der Waals surface area contributed by atoms with E-state index in [2.05, 4.69) is 11.2 Å². The molecule has 1 radical (unpaired) electrons. The highest BCUT2D eigenvalue weighted by atomic mass is 35.5. The molecule has 1 rings (SSSR count). The van der Waals surface area contributed by atoms with Crippen molar-refractivity contribution in [1.82, 2.24) is 4.98 Å². The summed E-state index contributed by atoms with van der Waals surface area (Å²) in [5, 5.41) is 0.496. The lowest BCUT2D eigenvalue weighted by Gasteiger charge is -1.86. The molecule has 0 N–H and O–H groups in total. The number of pyridine rings is 1. The molecule has 2 heteroatoms. The van der Waals surface area contributed by atoms with Gasteiger partial charge in [-0.25, -0.2) is 4.98 Å². The van der Waals surface area contributed by atoms with E-state index in [9.17, 15) is 0 Å². The molecule has 1 aromatic heterocycles. The van der Waals surface area contributed by atoms with Crippen molar-refractivity contribution in [2.75, 3.05) is 0 Å². The van der Waals surface area contributed by atoms with E-state index in [0.29, 0.717) is 5.15 Å². The summed E-state index contributed by atoms with van der Waals surface area (Å²) in [6.45, 7) is 1.92. The zero-order chi connectivity index (χ0) is 5.98. The van der Waals surface area contributed by atoms with Crippen molar-refractivity contribution in [2.45, 2.75) is 6.92 Å². The summed E-state index contributed by atoms with van der Waals surface area (Å²) in [6.07, 6.45) is 2.72. The van der Waals surface area contributed by atoms with Crippen molar-refractivity contribution in [2.24, 2.45) is 0 Å². The van der Waals surface area contributed by atoms with Crippen LogP contribution in [0.2, 0.25) is 5.15 Å². The van der Waals surface area contributed by atoms with Crippen molar-refractivity contribution in [1.29, 1.82) is 0 Å². The van der Waals surface area contributed by atoms with Crippen LogP contribution in [0.5, 0.6) is 0 Å². The zero-order valence-electron chi connectivity index (χ0n) is 4.48. The van der Waals surface area contributed by atoms with Crippen LogP contribution in [0.3, 0.4) is 0 Å². The molecule has 0 spiro atoms. The van der Waals surface area contributed by atoms with E-state index in [4.69, 9.17) is 11.6 Å². The fraction of sp³-hybridized carbons (Fsp3) is 0.167. The van der Waals surface area contributed by atoms with Crippen LogP contribution >= 0.6 is 11.6 Å². The Morgan fingerprint density at radius 3 is 2.75 bits per heavy atom. The van der Waals surface area contributed by atoms with Crippen molar-refractivity contribution >= 4 is 11.6 Å². The predicted octanol–water partition coefficient (Wildman–Crippen LogP) is 1.84. The van der Waals surface area contributed by atoms with Crippen molar-refractivity contribution in [3.63, 3.8) is 0 Å². The Bertz CT molecular complexity index is 147. The molecule has 0 unspecified atom stereocenters. The van der Waals surface area contributed by atoms with Gasteiger partial charge in [-0.3, -0.25) is 0 Å². The van der Waals surface area contributed by atoms with Crippen LogP contribution in [0.4, 0.5) is 0 Å². The Hall–Kier alpha value is -0.560. The first-order valence-corrected chi connectivity index (χ1v) is 2.67. The second kappa shape index (κ2) is 2.14. The Kier molecular flexibility index (Phi) is 1.49.